The molecule has 0 spiro atoms. The third-order valence-corrected chi connectivity index (χ3v) is 11.4. The summed E-state index contributed by atoms with van der Waals surface area (Å²) in [4.78, 5) is 9.35. The zero-order valence-corrected chi connectivity index (χ0v) is 30.3. The van der Waals surface area contributed by atoms with Crippen molar-refractivity contribution in [3.8, 4) is 16.9 Å². The molecule has 3 aliphatic rings. The highest BCUT2D eigenvalue weighted by Crippen LogP contribution is 2.52. The highest BCUT2D eigenvalue weighted by atomic mass is 16.5. The molecule has 0 saturated carbocycles. The number of pyridine rings is 1. The summed E-state index contributed by atoms with van der Waals surface area (Å²) in [5, 5.41) is 2.42. The van der Waals surface area contributed by atoms with Gasteiger partial charge in [0, 0.05) is 40.1 Å². The first-order chi connectivity index (χ1) is 25.9. The number of rotatable bonds is 4. The van der Waals surface area contributed by atoms with Gasteiger partial charge in [-0.05, 0) is 136 Å². The molecule has 0 amide bonds. The van der Waals surface area contributed by atoms with Gasteiger partial charge in [0.25, 0.3) is 6.71 Å². The zero-order valence-electron chi connectivity index (χ0n) is 30.3. The molecular formula is C48H38BN3O. The third-order valence-electron chi connectivity index (χ3n) is 11.4. The van der Waals surface area contributed by atoms with Crippen LogP contribution in [0.4, 0.5) is 28.6 Å². The van der Waals surface area contributed by atoms with E-state index in [0.29, 0.717) is 0 Å². The molecule has 5 heteroatoms. The lowest BCUT2D eigenvalue weighted by molar-refractivity contribution is 0.425. The monoisotopic (exact) mass is 683 g/mol. The van der Waals surface area contributed by atoms with E-state index in [-0.39, 0.29) is 12.1 Å². The molecule has 7 aromatic rings. The van der Waals surface area contributed by atoms with Crippen molar-refractivity contribution >= 4 is 57.0 Å². The third kappa shape index (κ3) is 4.73. The maximum atomic E-state index is 6.86. The summed E-state index contributed by atoms with van der Waals surface area (Å²) in [6.45, 7) is 9.08. The molecule has 6 aromatic carbocycles. The Bertz CT molecular complexity index is 2610. The first-order valence-corrected chi connectivity index (χ1v) is 18.4. The maximum Gasteiger partial charge on any atom is 0.255 e. The van der Waals surface area contributed by atoms with Gasteiger partial charge in [-0.15, -0.1) is 0 Å². The van der Waals surface area contributed by atoms with Crippen molar-refractivity contribution in [1.29, 1.82) is 0 Å². The Balaban J connectivity index is 1.11. The Kier molecular flexibility index (Phi) is 7.03. The van der Waals surface area contributed by atoms with E-state index in [0.717, 1.165) is 34.4 Å². The topological polar surface area (TPSA) is 28.6 Å². The standard InChI is InChI=1S/C48H38BN3O/c1-5-43-47-31(2)53-45-29-38-37-27-32-23-24-36(51(34-16-8-6-9-17-34)46-22-14-15-25-50-46)26-33(32)28-39(37)48(3,4)40(38)30-42(45)49(47)41-20-12-13-21-44(41)52(43)35-18-10-7-11-19-35/h5-30H,1-4H3/b43-5+. The van der Waals surface area contributed by atoms with Crippen LogP contribution in [-0.2, 0) is 5.41 Å². The van der Waals surface area contributed by atoms with Gasteiger partial charge in [-0.3, -0.25) is 4.90 Å². The fraction of sp³-hybridized carbons (Fsp3) is 0.104. The smallest absolute Gasteiger partial charge is 0.255 e. The molecule has 0 radical (unpaired) electrons. The van der Waals surface area contributed by atoms with Crippen LogP contribution >= 0.6 is 0 Å². The van der Waals surface area contributed by atoms with Crippen molar-refractivity contribution in [1.82, 2.24) is 4.98 Å². The molecule has 4 nitrogen and oxygen atoms in total. The van der Waals surface area contributed by atoms with Crippen molar-refractivity contribution in [3.63, 3.8) is 0 Å². The fourth-order valence-corrected chi connectivity index (χ4v) is 8.99. The van der Waals surface area contributed by atoms with Crippen LogP contribution in [0.25, 0.3) is 21.9 Å². The number of ether oxygens (including phenoxy) is 1. The van der Waals surface area contributed by atoms with Crippen molar-refractivity contribution in [2.45, 2.75) is 33.1 Å². The second-order valence-corrected chi connectivity index (χ2v) is 14.8. The molecule has 2 aliphatic heterocycles. The Labute approximate surface area is 311 Å². The molecule has 10 rings (SSSR count). The van der Waals surface area contributed by atoms with Crippen LogP contribution < -0.4 is 25.5 Å². The van der Waals surface area contributed by atoms with E-state index in [2.05, 4.69) is 177 Å². The Morgan fingerprint density at radius 1 is 0.679 bits per heavy atom. The number of anilines is 5. The van der Waals surface area contributed by atoms with Gasteiger partial charge >= 0.3 is 0 Å². The molecule has 254 valence electrons. The van der Waals surface area contributed by atoms with Gasteiger partial charge in [0.2, 0.25) is 0 Å². The molecule has 0 bridgehead atoms. The minimum atomic E-state index is -0.214. The lowest BCUT2D eigenvalue weighted by Crippen LogP contribution is -2.54. The van der Waals surface area contributed by atoms with Gasteiger partial charge in [0.15, 0.2) is 0 Å². The molecule has 3 heterocycles. The summed E-state index contributed by atoms with van der Waals surface area (Å²) >= 11 is 0. The van der Waals surface area contributed by atoms with E-state index in [4.69, 9.17) is 9.72 Å². The summed E-state index contributed by atoms with van der Waals surface area (Å²) in [5.41, 5.74) is 14.4. The Hall–Kier alpha value is -6.33. The van der Waals surface area contributed by atoms with E-state index in [9.17, 15) is 0 Å². The molecule has 1 aliphatic carbocycles. The summed E-state index contributed by atoms with van der Waals surface area (Å²) in [6, 6.07) is 52.4. The highest BCUT2D eigenvalue weighted by Gasteiger charge is 2.45. The predicted octanol–water partition coefficient (Wildman–Crippen LogP) is 10.9. The van der Waals surface area contributed by atoms with Crippen molar-refractivity contribution in [3.05, 3.63) is 186 Å². The molecule has 0 atom stereocenters. The van der Waals surface area contributed by atoms with E-state index in [1.807, 2.05) is 18.3 Å². The number of aromatic nitrogens is 1. The quantitative estimate of drug-likeness (QED) is 0.173. The lowest BCUT2D eigenvalue weighted by atomic mass is 9.33. The van der Waals surface area contributed by atoms with Crippen molar-refractivity contribution < 1.29 is 4.74 Å². The van der Waals surface area contributed by atoms with Crippen LogP contribution in [0, 0.1) is 0 Å². The van der Waals surface area contributed by atoms with Crippen LogP contribution in [0.15, 0.2) is 175 Å². The van der Waals surface area contributed by atoms with Crippen molar-refractivity contribution in [2.24, 2.45) is 0 Å². The van der Waals surface area contributed by atoms with Crippen LogP contribution in [0.1, 0.15) is 38.8 Å². The summed E-state index contributed by atoms with van der Waals surface area (Å²) in [7, 11) is 0. The molecule has 0 saturated heterocycles. The second kappa shape index (κ2) is 11.9. The van der Waals surface area contributed by atoms with Gasteiger partial charge in [-0.25, -0.2) is 4.98 Å². The predicted molar refractivity (Wildman–Crippen MR) is 221 cm³/mol. The summed E-state index contributed by atoms with van der Waals surface area (Å²) in [5.74, 6) is 2.78. The van der Waals surface area contributed by atoms with E-state index in [1.165, 1.54) is 60.8 Å². The minimum absolute atomic E-state index is 0.0584. The van der Waals surface area contributed by atoms with E-state index < -0.39 is 0 Å². The Morgan fingerprint density at radius 3 is 2.17 bits per heavy atom. The maximum absolute atomic E-state index is 6.86. The molecule has 0 N–H and O–H groups in total. The van der Waals surface area contributed by atoms with Gasteiger partial charge < -0.3 is 9.64 Å². The number of nitrogens with zero attached hydrogens (tertiary/aromatic N) is 3. The fourth-order valence-electron chi connectivity index (χ4n) is 8.99. The molecule has 0 fully saturated rings. The molecule has 53 heavy (non-hydrogen) atoms. The summed E-state index contributed by atoms with van der Waals surface area (Å²) in [6.07, 6.45) is 4.09. The number of benzene rings is 6. The number of fused-ring (bicyclic) bond motifs is 9. The first kappa shape index (κ1) is 31.4. The number of para-hydroxylation sites is 3. The number of allylic oxidation sites excluding steroid dienone is 3. The first-order valence-electron chi connectivity index (χ1n) is 18.4. The highest BCUT2D eigenvalue weighted by molar-refractivity contribution is 6.94. The SMILES string of the molecule is C/C=C1\C2=C(C)Oc3cc4c(cc3B2c2ccccc2N1c1ccccc1)C(C)(C)c1cc2cc(N(c3ccccc3)c3ccccn3)ccc2cc1-4. The van der Waals surface area contributed by atoms with Crippen LogP contribution in [0.2, 0.25) is 0 Å². The summed E-state index contributed by atoms with van der Waals surface area (Å²) < 4.78 is 6.86. The van der Waals surface area contributed by atoms with Crippen LogP contribution in [0.3, 0.4) is 0 Å². The van der Waals surface area contributed by atoms with Gasteiger partial charge in [0.1, 0.15) is 11.6 Å². The van der Waals surface area contributed by atoms with Gasteiger partial charge in [0.05, 0.1) is 5.76 Å². The van der Waals surface area contributed by atoms with Gasteiger partial charge in [-0.1, -0.05) is 92.7 Å². The average molecular weight is 684 g/mol. The minimum Gasteiger partial charge on any atom is -0.463 e. The molecule has 0 unspecified atom stereocenters. The van der Waals surface area contributed by atoms with E-state index in [1.54, 1.807) is 0 Å². The van der Waals surface area contributed by atoms with Crippen molar-refractivity contribution in [2.75, 3.05) is 9.80 Å². The normalized spacial score (nSPS) is 15.7. The molecular weight excluding hydrogens is 645 g/mol. The van der Waals surface area contributed by atoms with Crippen LogP contribution in [-0.4, -0.2) is 11.7 Å². The second-order valence-electron chi connectivity index (χ2n) is 14.8. The average Bonchev–Trinajstić information content (AvgIpc) is 3.40. The largest absolute Gasteiger partial charge is 0.463 e. The van der Waals surface area contributed by atoms with Gasteiger partial charge in [-0.2, -0.15) is 0 Å². The molecule has 1 aromatic heterocycles. The number of hydrogen-bond acceptors (Lipinski definition) is 4. The Morgan fingerprint density at radius 2 is 1.40 bits per heavy atom. The lowest BCUT2D eigenvalue weighted by Gasteiger charge is -2.42. The zero-order chi connectivity index (χ0) is 35.8. The number of hydrogen-bond donors (Lipinski definition) is 0. The van der Waals surface area contributed by atoms with E-state index >= 15 is 0 Å². The van der Waals surface area contributed by atoms with Crippen LogP contribution in [0.5, 0.6) is 5.75 Å².